The summed E-state index contributed by atoms with van der Waals surface area (Å²) in [5.74, 6) is 0. The smallest absolute Gasteiger partial charge is 0.0372 e. The Bertz CT molecular complexity index is 514. The Balaban J connectivity index is 1.99. The predicted octanol–water partition coefficient (Wildman–Crippen LogP) is 4.19. The van der Waals surface area contributed by atoms with Crippen molar-refractivity contribution >= 4 is 0 Å². The van der Waals surface area contributed by atoms with Crippen LogP contribution in [0, 0.1) is 6.92 Å². The van der Waals surface area contributed by atoms with Crippen molar-refractivity contribution in [2.24, 2.45) is 0 Å². The number of rotatable bonds is 6. The number of aryl methyl sites for hydroxylation is 2. The summed E-state index contributed by atoms with van der Waals surface area (Å²) in [6, 6.07) is 13.6. The van der Waals surface area contributed by atoms with E-state index in [1.54, 1.807) is 0 Å². The minimum atomic E-state index is 0.405. The highest BCUT2D eigenvalue weighted by Crippen LogP contribution is 2.18. The number of nitrogens with zero attached hydrogens (tertiary/aromatic N) is 1. The van der Waals surface area contributed by atoms with E-state index in [1.807, 2.05) is 13.1 Å². The molecule has 2 heteroatoms. The largest absolute Gasteiger partial charge is 0.306 e. The first kappa shape index (κ1) is 14.7. The van der Waals surface area contributed by atoms with E-state index in [0.29, 0.717) is 6.04 Å². The molecule has 0 radical (unpaired) electrons. The summed E-state index contributed by atoms with van der Waals surface area (Å²) < 4.78 is 0. The summed E-state index contributed by atoms with van der Waals surface area (Å²) in [6.45, 7) is 7.29. The molecule has 0 bridgehead atoms. The average molecular weight is 268 g/mol. The van der Waals surface area contributed by atoms with Gasteiger partial charge in [0.1, 0.15) is 0 Å². The van der Waals surface area contributed by atoms with E-state index in [-0.39, 0.29) is 0 Å². The molecule has 0 aliphatic carbocycles. The molecule has 2 aromatic rings. The quantitative estimate of drug-likeness (QED) is 0.849. The van der Waals surface area contributed by atoms with Crippen LogP contribution >= 0.6 is 0 Å². The Morgan fingerprint density at radius 1 is 1.00 bits per heavy atom. The zero-order valence-corrected chi connectivity index (χ0v) is 12.7. The lowest BCUT2D eigenvalue weighted by Gasteiger charge is -2.18. The molecule has 1 atom stereocenters. The number of hydrogen-bond donors (Lipinski definition) is 1. The van der Waals surface area contributed by atoms with E-state index >= 15 is 0 Å². The molecule has 2 rings (SSSR count). The van der Waals surface area contributed by atoms with E-state index in [4.69, 9.17) is 0 Å². The lowest BCUT2D eigenvalue weighted by molar-refractivity contribution is 0.518. The Kier molecular flexibility index (Phi) is 5.31. The summed E-state index contributed by atoms with van der Waals surface area (Å²) in [5, 5.41) is 3.62. The Morgan fingerprint density at radius 2 is 1.70 bits per heavy atom. The molecule has 0 saturated heterocycles. The van der Waals surface area contributed by atoms with Gasteiger partial charge in [-0.05, 0) is 42.5 Å². The van der Waals surface area contributed by atoms with Crippen molar-refractivity contribution in [3.8, 4) is 0 Å². The van der Waals surface area contributed by atoms with Gasteiger partial charge in [0.15, 0.2) is 0 Å². The highest BCUT2D eigenvalue weighted by atomic mass is 14.9. The molecule has 20 heavy (non-hydrogen) atoms. The fourth-order valence-corrected chi connectivity index (χ4v) is 2.33. The van der Waals surface area contributed by atoms with Gasteiger partial charge in [0.2, 0.25) is 0 Å². The molecule has 1 heterocycles. The van der Waals surface area contributed by atoms with Gasteiger partial charge in [-0.1, -0.05) is 44.2 Å². The Labute approximate surface area is 122 Å². The van der Waals surface area contributed by atoms with Gasteiger partial charge >= 0.3 is 0 Å². The molecule has 0 amide bonds. The van der Waals surface area contributed by atoms with Crippen LogP contribution in [0.4, 0.5) is 0 Å². The van der Waals surface area contributed by atoms with E-state index < -0.39 is 0 Å². The summed E-state index contributed by atoms with van der Waals surface area (Å²) in [7, 11) is 0. The van der Waals surface area contributed by atoms with Gasteiger partial charge in [0, 0.05) is 24.5 Å². The first-order valence-corrected chi connectivity index (χ1v) is 7.46. The highest BCUT2D eigenvalue weighted by Gasteiger charge is 2.08. The molecule has 1 aromatic heterocycles. The van der Waals surface area contributed by atoms with E-state index in [9.17, 15) is 0 Å². The Hall–Kier alpha value is -1.67. The zero-order valence-electron chi connectivity index (χ0n) is 12.7. The standard InChI is InChI=1S/C18H24N2/c1-4-15-8-10-17(11-9-15)18(5-2)20-13-16-7-6-14(3)19-12-16/h6-12,18,20H,4-5,13H2,1-3H3. The summed E-state index contributed by atoms with van der Waals surface area (Å²) in [4.78, 5) is 4.34. The van der Waals surface area contributed by atoms with Crippen molar-refractivity contribution < 1.29 is 0 Å². The van der Waals surface area contributed by atoms with Gasteiger partial charge in [-0.3, -0.25) is 4.98 Å². The van der Waals surface area contributed by atoms with E-state index in [1.165, 1.54) is 16.7 Å². The second-order valence-corrected chi connectivity index (χ2v) is 5.24. The van der Waals surface area contributed by atoms with Gasteiger partial charge in [0.25, 0.3) is 0 Å². The third kappa shape index (κ3) is 3.91. The molecule has 1 aromatic carbocycles. The van der Waals surface area contributed by atoms with Crippen LogP contribution in [0.25, 0.3) is 0 Å². The summed E-state index contributed by atoms with van der Waals surface area (Å²) in [5.41, 5.74) is 5.06. The van der Waals surface area contributed by atoms with E-state index in [2.05, 4.69) is 60.5 Å². The first-order valence-electron chi connectivity index (χ1n) is 7.46. The van der Waals surface area contributed by atoms with Gasteiger partial charge < -0.3 is 5.32 Å². The monoisotopic (exact) mass is 268 g/mol. The minimum absolute atomic E-state index is 0.405. The molecule has 106 valence electrons. The second kappa shape index (κ2) is 7.20. The van der Waals surface area contributed by atoms with Crippen LogP contribution in [-0.4, -0.2) is 4.98 Å². The van der Waals surface area contributed by atoms with Crippen molar-refractivity contribution in [1.82, 2.24) is 10.3 Å². The molecule has 0 fully saturated rings. The van der Waals surface area contributed by atoms with Crippen molar-refractivity contribution in [3.05, 3.63) is 65.0 Å². The van der Waals surface area contributed by atoms with E-state index in [0.717, 1.165) is 25.1 Å². The first-order chi connectivity index (χ1) is 9.72. The maximum atomic E-state index is 4.34. The second-order valence-electron chi connectivity index (χ2n) is 5.24. The van der Waals surface area contributed by atoms with Crippen LogP contribution in [-0.2, 0) is 13.0 Å². The van der Waals surface area contributed by atoms with Crippen LogP contribution in [0.3, 0.4) is 0 Å². The maximum absolute atomic E-state index is 4.34. The number of hydrogen-bond acceptors (Lipinski definition) is 2. The molecule has 0 spiro atoms. The molecule has 0 aliphatic rings. The van der Waals surface area contributed by atoms with Gasteiger partial charge in [-0.2, -0.15) is 0 Å². The minimum Gasteiger partial charge on any atom is -0.306 e. The van der Waals surface area contributed by atoms with Crippen molar-refractivity contribution in [2.75, 3.05) is 0 Å². The van der Waals surface area contributed by atoms with Gasteiger partial charge in [-0.15, -0.1) is 0 Å². The SMILES string of the molecule is CCc1ccc(C(CC)NCc2ccc(C)nc2)cc1. The van der Waals surface area contributed by atoms with Crippen LogP contribution in [0.5, 0.6) is 0 Å². The van der Waals surface area contributed by atoms with Crippen molar-refractivity contribution in [1.29, 1.82) is 0 Å². The number of nitrogens with one attached hydrogen (secondary N) is 1. The predicted molar refractivity (Wildman–Crippen MR) is 84.7 cm³/mol. The normalized spacial score (nSPS) is 12.3. The van der Waals surface area contributed by atoms with Gasteiger partial charge in [0.05, 0.1) is 0 Å². The number of benzene rings is 1. The third-order valence-electron chi connectivity index (χ3n) is 3.72. The zero-order chi connectivity index (χ0) is 14.4. The highest BCUT2D eigenvalue weighted by molar-refractivity contribution is 5.25. The number of pyridine rings is 1. The molecule has 2 nitrogen and oxygen atoms in total. The molecular weight excluding hydrogens is 244 g/mol. The molecule has 1 unspecified atom stereocenters. The topological polar surface area (TPSA) is 24.9 Å². The van der Waals surface area contributed by atoms with Gasteiger partial charge in [-0.25, -0.2) is 0 Å². The fourth-order valence-electron chi connectivity index (χ4n) is 2.33. The van der Waals surface area contributed by atoms with Crippen LogP contribution in [0.2, 0.25) is 0 Å². The van der Waals surface area contributed by atoms with Crippen molar-refractivity contribution in [2.45, 2.75) is 46.2 Å². The molecule has 1 N–H and O–H groups in total. The number of aromatic nitrogens is 1. The summed E-state index contributed by atoms with van der Waals surface area (Å²) in [6.07, 6.45) is 4.14. The molecular formula is C18H24N2. The fraction of sp³-hybridized carbons (Fsp3) is 0.389. The van der Waals surface area contributed by atoms with Crippen molar-refractivity contribution in [3.63, 3.8) is 0 Å². The lowest BCUT2D eigenvalue weighted by atomic mass is 10.0. The molecule has 0 saturated carbocycles. The molecule has 0 aliphatic heterocycles. The van der Waals surface area contributed by atoms with Crippen LogP contribution in [0.1, 0.15) is 48.7 Å². The van der Waals surface area contributed by atoms with Crippen LogP contribution in [0.15, 0.2) is 42.6 Å². The third-order valence-corrected chi connectivity index (χ3v) is 3.72. The Morgan fingerprint density at radius 3 is 2.25 bits per heavy atom. The lowest BCUT2D eigenvalue weighted by Crippen LogP contribution is -2.20. The maximum Gasteiger partial charge on any atom is 0.0372 e. The van der Waals surface area contributed by atoms with Crippen LogP contribution < -0.4 is 5.32 Å². The average Bonchev–Trinajstić information content (AvgIpc) is 2.50. The summed E-state index contributed by atoms with van der Waals surface area (Å²) >= 11 is 0.